The summed E-state index contributed by atoms with van der Waals surface area (Å²) in [5.41, 5.74) is 0.530. The third-order valence-corrected chi connectivity index (χ3v) is 6.99. The number of hydrogen-bond donors (Lipinski definition) is 1. The van der Waals surface area contributed by atoms with Crippen LogP contribution >= 0.6 is 11.6 Å². The lowest BCUT2D eigenvalue weighted by molar-refractivity contribution is 0.0714. The zero-order chi connectivity index (χ0) is 23.8. The summed E-state index contributed by atoms with van der Waals surface area (Å²) < 4.78 is 33.4. The molecule has 0 bridgehead atoms. The van der Waals surface area contributed by atoms with Gasteiger partial charge in [-0.1, -0.05) is 11.6 Å². The summed E-state index contributed by atoms with van der Waals surface area (Å²) in [7, 11) is -3.68. The molecule has 2 aromatic carbocycles. The number of amides is 1. The molecule has 8 nitrogen and oxygen atoms in total. The molecule has 174 valence electrons. The van der Waals surface area contributed by atoms with E-state index >= 15 is 0 Å². The lowest BCUT2D eigenvalue weighted by Crippen LogP contribution is -2.40. The Morgan fingerprint density at radius 3 is 2.30 bits per heavy atom. The average Bonchev–Trinajstić information content (AvgIpc) is 3.48. The predicted octanol–water partition coefficient (Wildman–Crippen LogP) is 4.27. The van der Waals surface area contributed by atoms with Crippen LogP contribution in [0.1, 0.15) is 49.9 Å². The van der Waals surface area contributed by atoms with Crippen LogP contribution < -0.4 is 4.72 Å². The molecule has 0 unspecified atom stereocenters. The Balaban J connectivity index is 1.50. The fraction of sp³-hybridized carbons (Fsp3) is 0.348. The van der Waals surface area contributed by atoms with Gasteiger partial charge in [-0.05, 0) is 82.1 Å². The van der Waals surface area contributed by atoms with Crippen molar-refractivity contribution in [3.8, 4) is 11.5 Å². The van der Waals surface area contributed by atoms with Crippen molar-refractivity contribution in [1.29, 1.82) is 0 Å². The molecule has 10 heteroatoms. The van der Waals surface area contributed by atoms with E-state index in [-0.39, 0.29) is 23.4 Å². The Kier molecular flexibility index (Phi) is 6.30. The van der Waals surface area contributed by atoms with Crippen LogP contribution in [0.2, 0.25) is 5.02 Å². The monoisotopic (exact) mass is 488 g/mol. The van der Waals surface area contributed by atoms with Crippen molar-refractivity contribution >= 4 is 27.5 Å². The number of carbonyl (C=O) groups is 1. The maximum atomic E-state index is 13.2. The molecule has 0 atom stereocenters. The number of sulfonamides is 1. The van der Waals surface area contributed by atoms with E-state index in [1.54, 1.807) is 49.9 Å². The number of nitrogens with one attached hydrogen (secondary N) is 1. The van der Waals surface area contributed by atoms with Crippen molar-refractivity contribution in [3.63, 3.8) is 0 Å². The SMILES string of the molecule is CC(C)(C)NS(=O)(=O)c1ccc(C(=O)N(Cc2nnc(-c3ccc(Cl)cc3)o2)C2CC2)cc1. The van der Waals surface area contributed by atoms with Gasteiger partial charge in [-0.25, -0.2) is 13.1 Å². The molecule has 1 N–H and O–H groups in total. The van der Waals surface area contributed by atoms with E-state index in [0.717, 1.165) is 18.4 Å². The molecule has 1 heterocycles. The third-order valence-electron chi connectivity index (χ3n) is 4.96. The highest BCUT2D eigenvalue weighted by Crippen LogP contribution is 2.30. The zero-order valence-electron chi connectivity index (χ0n) is 18.6. The lowest BCUT2D eigenvalue weighted by atomic mass is 10.1. The highest BCUT2D eigenvalue weighted by Gasteiger charge is 2.34. The fourth-order valence-corrected chi connectivity index (χ4v) is 4.87. The summed E-state index contributed by atoms with van der Waals surface area (Å²) in [5.74, 6) is 0.469. The first-order valence-electron chi connectivity index (χ1n) is 10.6. The van der Waals surface area contributed by atoms with E-state index in [4.69, 9.17) is 16.0 Å². The molecule has 1 fully saturated rings. The second-order valence-corrected chi connectivity index (χ2v) is 11.2. The number of nitrogens with zero attached hydrogens (tertiary/aromatic N) is 3. The highest BCUT2D eigenvalue weighted by atomic mass is 35.5. The minimum Gasteiger partial charge on any atom is -0.419 e. The Labute approximate surface area is 198 Å². The van der Waals surface area contributed by atoms with Gasteiger partial charge >= 0.3 is 0 Å². The zero-order valence-corrected chi connectivity index (χ0v) is 20.2. The second kappa shape index (κ2) is 8.89. The molecule has 0 spiro atoms. The summed E-state index contributed by atoms with van der Waals surface area (Å²) in [4.78, 5) is 15.0. The van der Waals surface area contributed by atoms with Crippen LogP contribution in [0.15, 0.2) is 57.8 Å². The van der Waals surface area contributed by atoms with Gasteiger partial charge in [-0.15, -0.1) is 10.2 Å². The number of carbonyl (C=O) groups excluding carboxylic acids is 1. The standard InChI is InChI=1S/C23H25ClN4O4S/c1-23(2,3)27-33(30,31)19-12-6-16(7-13-19)22(29)28(18-10-11-18)14-20-25-26-21(32-20)15-4-8-17(24)9-5-15/h4-9,12-13,18,27H,10-11,14H2,1-3H3. The number of halogens is 1. The van der Waals surface area contributed by atoms with Gasteiger partial charge in [0.05, 0.1) is 11.4 Å². The van der Waals surface area contributed by atoms with E-state index in [1.807, 2.05) is 0 Å². The molecule has 33 heavy (non-hydrogen) atoms. The van der Waals surface area contributed by atoms with Gasteiger partial charge in [0.25, 0.3) is 5.91 Å². The Bertz CT molecular complexity index is 1240. The average molecular weight is 489 g/mol. The normalized spacial score (nSPS) is 14.3. The van der Waals surface area contributed by atoms with E-state index in [9.17, 15) is 13.2 Å². The van der Waals surface area contributed by atoms with Crippen LogP contribution in [0.3, 0.4) is 0 Å². The quantitative estimate of drug-likeness (QED) is 0.532. The lowest BCUT2D eigenvalue weighted by Gasteiger charge is -2.22. The Hall–Kier alpha value is -2.75. The summed E-state index contributed by atoms with van der Waals surface area (Å²) >= 11 is 5.92. The van der Waals surface area contributed by atoms with E-state index < -0.39 is 15.6 Å². The molecular formula is C23H25ClN4O4S. The van der Waals surface area contributed by atoms with Crippen LogP contribution in [-0.4, -0.2) is 41.0 Å². The molecule has 1 aromatic heterocycles. The van der Waals surface area contributed by atoms with E-state index in [0.29, 0.717) is 22.4 Å². The number of aromatic nitrogens is 2. The van der Waals surface area contributed by atoms with Gasteiger partial charge < -0.3 is 9.32 Å². The first kappa shape index (κ1) is 23.4. The van der Waals surface area contributed by atoms with Crippen LogP contribution in [0.4, 0.5) is 0 Å². The molecule has 0 radical (unpaired) electrons. The van der Waals surface area contributed by atoms with Crippen LogP contribution in [0, 0.1) is 0 Å². The Morgan fingerprint density at radius 1 is 1.09 bits per heavy atom. The van der Waals surface area contributed by atoms with Gasteiger partial charge in [-0.3, -0.25) is 4.79 Å². The highest BCUT2D eigenvalue weighted by molar-refractivity contribution is 7.89. The van der Waals surface area contributed by atoms with Crippen molar-refractivity contribution in [2.24, 2.45) is 0 Å². The maximum Gasteiger partial charge on any atom is 0.254 e. The minimum atomic E-state index is -3.68. The van der Waals surface area contributed by atoms with E-state index in [2.05, 4.69) is 14.9 Å². The van der Waals surface area contributed by atoms with Gasteiger partial charge in [0.1, 0.15) is 0 Å². The summed E-state index contributed by atoms with van der Waals surface area (Å²) in [6.07, 6.45) is 1.79. The molecular weight excluding hydrogens is 464 g/mol. The smallest absolute Gasteiger partial charge is 0.254 e. The van der Waals surface area contributed by atoms with Crippen molar-refractivity contribution in [2.45, 2.75) is 56.6 Å². The number of benzene rings is 2. The van der Waals surface area contributed by atoms with Crippen molar-refractivity contribution in [1.82, 2.24) is 19.8 Å². The summed E-state index contributed by atoms with van der Waals surface area (Å²) in [6, 6.07) is 13.1. The fourth-order valence-electron chi connectivity index (χ4n) is 3.33. The van der Waals surface area contributed by atoms with Crippen molar-refractivity contribution in [3.05, 3.63) is 65.0 Å². The minimum absolute atomic E-state index is 0.0920. The Morgan fingerprint density at radius 2 is 1.73 bits per heavy atom. The van der Waals surface area contributed by atoms with E-state index in [1.165, 1.54) is 24.3 Å². The summed E-state index contributed by atoms with van der Waals surface area (Å²) in [5, 5.41) is 8.78. The second-order valence-electron chi connectivity index (χ2n) is 9.05. The molecule has 1 aliphatic carbocycles. The first-order chi connectivity index (χ1) is 15.5. The largest absolute Gasteiger partial charge is 0.419 e. The maximum absolute atomic E-state index is 13.2. The molecule has 4 rings (SSSR count). The molecule has 0 saturated heterocycles. The number of hydrogen-bond acceptors (Lipinski definition) is 6. The van der Waals surface area contributed by atoms with Gasteiger partial charge in [0.2, 0.25) is 21.8 Å². The van der Waals surface area contributed by atoms with Crippen LogP contribution in [0.25, 0.3) is 11.5 Å². The summed E-state index contributed by atoms with van der Waals surface area (Å²) in [6.45, 7) is 5.49. The van der Waals surface area contributed by atoms with Gasteiger partial charge in [0, 0.05) is 27.7 Å². The molecule has 3 aromatic rings. The number of rotatable bonds is 7. The van der Waals surface area contributed by atoms with Crippen LogP contribution in [0.5, 0.6) is 0 Å². The molecule has 1 saturated carbocycles. The van der Waals surface area contributed by atoms with Crippen LogP contribution in [-0.2, 0) is 16.6 Å². The topological polar surface area (TPSA) is 105 Å². The molecule has 1 amide bonds. The van der Waals surface area contributed by atoms with Crippen molar-refractivity contribution in [2.75, 3.05) is 0 Å². The third kappa shape index (κ3) is 5.79. The molecule has 0 aliphatic heterocycles. The van der Waals surface area contributed by atoms with Crippen molar-refractivity contribution < 1.29 is 17.6 Å². The van der Waals surface area contributed by atoms with Gasteiger partial charge in [0.15, 0.2) is 0 Å². The molecule has 1 aliphatic rings. The first-order valence-corrected chi connectivity index (χ1v) is 12.4. The van der Waals surface area contributed by atoms with Gasteiger partial charge in [-0.2, -0.15) is 0 Å². The predicted molar refractivity (Wildman–Crippen MR) is 124 cm³/mol.